The summed E-state index contributed by atoms with van der Waals surface area (Å²) in [5.41, 5.74) is 2.19. The van der Waals surface area contributed by atoms with Gasteiger partial charge in [0.1, 0.15) is 11.3 Å². The topological polar surface area (TPSA) is 118 Å². The van der Waals surface area contributed by atoms with Gasteiger partial charge in [-0.15, -0.1) is 0 Å². The molecular weight excluding hydrogens is 364 g/mol. The quantitative estimate of drug-likeness (QED) is 0.564. The number of amides is 2. The van der Waals surface area contributed by atoms with Gasteiger partial charge in [-0.3, -0.25) is 14.4 Å². The average Bonchev–Trinajstić information content (AvgIpc) is 3.03. The predicted octanol–water partition coefficient (Wildman–Crippen LogP) is 2.82. The maximum Gasteiger partial charge on any atom is 0.310 e. The Morgan fingerprint density at radius 2 is 1.71 bits per heavy atom. The molecule has 1 heterocycles. The molecule has 3 N–H and O–H groups in total. The van der Waals surface area contributed by atoms with Crippen LogP contribution in [-0.2, 0) is 25.5 Å². The molecule has 0 fully saturated rings. The van der Waals surface area contributed by atoms with Gasteiger partial charge in [0.2, 0.25) is 5.91 Å². The minimum atomic E-state index is -0.577. The molecule has 2 amide bonds. The van der Waals surface area contributed by atoms with Gasteiger partial charge in [-0.2, -0.15) is 0 Å². The number of carbonyl (C=O) groups excluding carboxylic acids is 3. The van der Waals surface area contributed by atoms with Gasteiger partial charge in [0.05, 0.1) is 12.7 Å². The van der Waals surface area contributed by atoms with Crippen molar-refractivity contribution in [3.8, 4) is 5.75 Å². The van der Waals surface area contributed by atoms with E-state index in [4.69, 9.17) is 9.15 Å². The van der Waals surface area contributed by atoms with Gasteiger partial charge in [0.25, 0.3) is 5.91 Å². The second-order valence-corrected chi connectivity index (χ2v) is 6.09. The van der Waals surface area contributed by atoms with Gasteiger partial charge in [-0.05, 0) is 36.4 Å². The van der Waals surface area contributed by atoms with E-state index in [0.29, 0.717) is 27.9 Å². The molecule has 28 heavy (non-hydrogen) atoms. The average molecular weight is 382 g/mol. The Labute approximate surface area is 160 Å². The smallest absolute Gasteiger partial charge is 0.310 e. The second-order valence-electron chi connectivity index (χ2n) is 6.09. The highest BCUT2D eigenvalue weighted by Gasteiger charge is 2.13. The molecule has 0 radical (unpaired) electrons. The molecule has 0 atom stereocenters. The molecule has 0 saturated heterocycles. The molecule has 144 valence electrons. The number of aromatic hydroxyl groups is 1. The van der Waals surface area contributed by atoms with Crippen molar-refractivity contribution in [3.05, 3.63) is 54.3 Å². The fourth-order valence-corrected chi connectivity index (χ4v) is 2.60. The molecule has 0 spiro atoms. The zero-order chi connectivity index (χ0) is 20.1. The van der Waals surface area contributed by atoms with E-state index in [0.717, 1.165) is 0 Å². The fraction of sp³-hybridized carbons (Fsp3) is 0.150. The molecular formula is C20H18N2O6. The van der Waals surface area contributed by atoms with Crippen LogP contribution in [0.15, 0.2) is 53.1 Å². The molecule has 8 heteroatoms. The number of hydrogen-bond donors (Lipinski definition) is 3. The monoisotopic (exact) mass is 382 g/mol. The summed E-state index contributed by atoms with van der Waals surface area (Å²) in [6.07, 6.45) is 1.36. The highest BCUT2D eigenvalue weighted by atomic mass is 16.5. The number of nitrogens with one attached hydrogen (secondary N) is 2. The number of ether oxygens (including phenoxy) is 1. The van der Waals surface area contributed by atoms with E-state index in [2.05, 4.69) is 10.6 Å². The van der Waals surface area contributed by atoms with Crippen LogP contribution in [0.1, 0.15) is 12.5 Å². The lowest BCUT2D eigenvalue weighted by atomic mass is 10.1. The first-order chi connectivity index (χ1) is 13.4. The number of carbonyl (C=O) groups is 3. The largest absolute Gasteiger partial charge is 0.508 e. The Balaban J connectivity index is 1.49. The van der Waals surface area contributed by atoms with Gasteiger partial charge in [-0.25, -0.2) is 0 Å². The van der Waals surface area contributed by atoms with Crippen molar-refractivity contribution in [3.63, 3.8) is 0 Å². The first-order valence-corrected chi connectivity index (χ1v) is 8.43. The van der Waals surface area contributed by atoms with E-state index in [-0.39, 0.29) is 18.1 Å². The molecule has 8 nitrogen and oxygen atoms in total. The maximum atomic E-state index is 12.0. The Morgan fingerprint density at radius 1 is 1.04 bits per heavy atom. The zero-order valence-electron chi connectivity index (χ0n) is 15.0. The Morgan fingerprint density at radius 3 is 2.39 bits per heavy atom. The number of furan rings is 1. The third-order valence-corrected chi connectivity index (χ3v) is 3.83. The number of fused-ring (bicyclic) bond motifs is 1. The highest BCUT2D eigenvalue weighted by molar-refractivity contribution is 5.94. The Hall–Kier alpha value is -3.81. The number of esters is 1. The van der Waals surface area contributed by atoms with E-state index in [1.807, 2.05) is 0 Å². The van der Waals surface area contributed by atoms with Gasteiger partial charge >= 0.3 is 5.97 Å². The lowest BCUT2D eigenvalue weighted by molar-refractivity contribution is -0.146. The van der Waals surface area contributed by atoms with Crippen molar-refractivity contribution >= 4 is 40.1 Å². The van der Waals surface area contributed by atoms with Crippen LogP contribution in [0.25, 0.3) is 11.0 Å². The molecule has 2 aromatic carbocycles. The van der Waals surface area contributed by atoms with Crippen LogP contribution in [0.5, 0.6) is 5.75 Å². The van der Waals surface area contributed by atoms with E-state index in [1.54, 1.807) is 30.3 Å². The number of rotatable bonds is 6. The number of phenolic OH excluding ortho intramolecular Hbond substituents is 1. The molecule has 0 aliphatic carbocycles. The van der Waals surface area contributed by atoms with Crippen molar-refractivity contribution in [1.82, 2.24) is 0 Å². The Kier molecular flexibility index (Phi) is 5.59. The van der Waals surface area contributed by atoms with Crippen molar-refractivity contribution < 1.29 is 28.6 Å². The first-order valence-electron chi connectivity index (χ1n) is 8.43. The van der Waals surface area contributed by atoms with Crippen molar-refractivity contribution in [2.45, 2.75) is 13.3 Å². The lowest BCUT2D eigenvalue weighted by Crippen LogP contribution is -2.21. The fourth-order valence-electron chi connectivity index (χ4n) is 2.60. The summed E-state index contributed by atoms with van der Waals surface area (Å²) >= 11 is 0. The lowest BCUT2D eigenvalue weighted by Gasteiger charge is -2.07. The van der Waals surface area contributed by atoms with Crippen LogP contribution in [0.4, 0.5) is 11.4 Å². The van der Waals surface area contributed by atoms with E-state index < -0.39 is 18.5 Å². The summed E-state index contributed by atoms with van der Waals surface area (Å²) in [7, 11) is 0. The van der Waals surface area contributed by atoms with Crippen LogP contribution in [0.3, 0.4) is 0 Å². The van der Waals surface area contributed by atoms with Crippen LogP contribution in [-0.4, -0.2) is 29.5 Å². The summed E-state index contributed by atoms with van der Waals surface area (Å²) in [6, 6.07) is 11.1. The standard InChI is InChI=1S/C20H18N2O6/c1-12(23)21-14-2-4-15(5-3-14)22-19(25)11-28-20(26)8-13-10-27-18-9-16(24)6-7-17(13)18/h2-7,9-10,24H,8,11H2,1H3,(H,21,23)(H,22,25). The Bertz CT molecular complexity index is 1020. The van der Waals surface area contributed by atoms with Gasteiger partial charge in [0, 0.05) is 35.3 Å². The molecule has 3 rings (SSSR count). The summed E-state index contributed by atoms with van der Waals surface area (Å²) in [4.78, 5) is 34.9. The summed E-state index contributed by atoms with van der Waals surface area (Å²) in [5, 5.41) is 15.3. The van der Waals surface area contributed by atoms with Gasteiger partial charge in [0.15, 0.2) is 6.61 Å². The zero-order valence-corrected chi connectivity index (χ0v) is 15.0. The molecule has 0 bridgehead atoms. The van der Waals surface area contributed by atoms with Crippen molar-refractivity contribution in [2.24, 2.45) is 0 Å². The first kappa shape index (κ1) is 19.0. The van der Waals surface area contributed by atoms with E-state index in [9.17, 15) is 19.5 Å². The van der Waals surface area contributed by atoms with Crippen LogP contribution < -0.4 is 10.6 Å². The number of hydrogen-bond acceptors (Lipinski definition) is 6. The third kappa shape index (κ3) is 4.88. The normalized spacial score (nSPS) is 10.5. The SMILES string of the molecule is CC(=O)Nc1ccc(NC(=O)COC(=O)Cc2coc3cc(O)ccc23)cc1. The molecule has 0 unspecified atom stereocenters. The molecule has 1 aromatic heterocycles. The second kappa shape index (κ2) is 8.26. The number of phenols is 1. The highest BCUT2D eigenvalue weighted by Crippen LogP contribution is 2.25. The van der Waals surface area contributed by atoms with E-state index in [1.165, 1.54) is 25.3 Å². The van der Waals surface area contributed by atoms with Gasteiger partial charge < -0.3 is 24.9 Å². The van der Waals surface area contributed by atoms with Crippen molar-refractivity contribution in [1.29, 1.82) is 0 Å². The van der Waals surface area contributed by atoms with Crippen LogP contribution >= 0.6 is 0 Å². The summed E-state index contributed by atoms with van der Waals surface area (Å²) in [6.45, 7) is 0.975. The molecule has 0 aliphatic rings. The number of benzene rings is 2. The third-order valence-electron chi connectivity index (χ3n) is 3.83. The summed E-state index contributed by atoms with van der Waals surface area (Å²) in [5.74, 6) is -1.18. The van der Waals surface area contributed by atoms with Gasteiger partial charge in [-0.1, -0.05) is 0 Å². The molecule has 0 saturated carbocycles. The summed E-state index contributed by atoms with van der Waals surface area (Å²) < 4.78 is 10.3. The minimum Gasteiger partial charge on any atom is -0.508 e. The molecule has 3 aromatic rings. The minimum absolute atomic E-state index is 0.0591. The molecule has 0 aliphatic heterocycles. The van der Waals surface area contributed by atoms with Crippen LogP contribution in [0, 0.1) is 0 Å². The maximum absolute atomic E-state index is 12.0. The number of anilines is 2. The van der Waals surface area contributed by atoms with Crippen molar-refractivity contribution in [2.75, 3.05) is 17.2 Å². The van der Waals surface area contributed by atoms with Crippen LogP contribution in [0.2, 0.25) is 0 Å². The predicted molar refractivity (Wildman–Crippen MR) is 102 cm³/mol. The van der Waals surface area contributed by atoms with E-state index >= 15 is 0 Å².